The molecule has 2 rings (SSSR count). The molecular weight excluding hydrogens is 176 g/mol. The van der Waals surface area contributed by atoms with Crippen LogP contribution in [0.2, 0.25) is 0 Å². The van der Waals surface area contributed by atoms with Crippen LogP contribution in [0.15, 0.2) is 12.4 Å². The second kappa shape index (κ2) is 3.95. The number of aryl methyl sites for hydroxylation is 1. The first-order valence-electron chi connectivity index (χ1n) is 5.28. The van der Waals surface area contributed by atoms with E-state index in [-0.39, 0.29) is 0 Å². The highest BCUT2D eigenvalue weighted by Crippen LogP contribution is 2.25. The van der Waals surface area contributed by atoms with E-state index in [2.05, 4.69) is 9.55 Å². The Morgan fingerprint density at radius 2 is 2.36 bits per heavy atom. The number of hydrogen-bond donors (Lipinski definition) is 0. The maximum absolute atomic E-state index is 11.5. The van der Waals surface area contributed by atoms with Crippen molar-refractivity contribution in [3.05, 3.63) is 18.2 Å². The van der Waals surface area contributed by atoms with Gasteiger partial charge in [-0.3, -0.25) is 4.79 Å². The van der Waals surface area contributed by atoms with Gasteiger partial charge in [-0.25, -0.2) is 4.98 Å². The van der Waals surface area contributed by atoms with Gasteiger partial charge in [0.15, 0.2) is 0 Å². The predicted molar refractivity (Wildman–Crippen MR) is 54.1 cm³/mol. The van der Waals surface area contributed by atoms with E-state index in [1.807, 2.05) is 19.3 Å². The van der Waals surface area contributed by atoms with Crippen molar-refractivity contribution in [1.29, 1.82) is 0 Å². The topological polar surface area (TPSA) is 34.9 Å². The van der Waals surface area contributed by atoms with Crippen LogP contribution in [0.5, 0.6) is 0 Å². The predicted octanol–water partition coefficient (Wildman–Crippen LogP) is 2.27. The lowest BCUT2D eigenvalue weighted by Crippen LogP contribution is -2.12. The van der Waals surface area contributed by atoms with Gasteiger partial charge in [0.25, 0.3) is 0 Å². The minimum atomic E-state index is 0.354. The smallest absolute Gasteiger partial charge is 0.134 e. The van der Waals surface area contributed by atoms with Gasteiger partial charge in [-0.2, -0.15) is 0 Å². The summed E-state index contributed by atoms with van der Waals surface area (Å²) in [6, 6.07) is 0.354. The lowest BCUT2D eigenvalue weighted by atomic mass is 10.1. The molecule has 0 aromatic carbocycles. The molecule has 1 fully saturated rings. The number of carbonyl (C=O) groups is 1. The van der Waals surface area contributed by atoms with Gasteiger partial charge in [-0.05, 0) is 19.8 Å². The van der Waals surface area contributed by atoms with E-state index >= 15 is 0 Å². The SMILES string of the molecule is Cc1nccn1C1CCCCC(=O)C1. The second-order valence-electron chi connectivity index (χ2n) is 4.02. The van der Waals surface area contributed by atoms with Crippen LogP contribution >= 0.6 is 0 Å². The Bertz CT molecular complexity index is 330. The van der Waals surface area contributed by atoms with Gasteiger partial charge in [0.05, 0.1) is 0 Å². The summed E-state index contributed by atoms with van der Waals surface area (Å²) < 4.78 is 2.14. The first-order chi connectivity index (χ1) is 6.77. The van der Waals surface area contributed by atoms with Crippen LogP contribution in [0.4, 0.5) is 0 Å². The largest absolute Gasteiger partial charge is 0.332 e. The van der Waals surface area contributed by atoms with Gasteiger partial charge in [0.2, 0.25) is 0 Å². The first-order valence-corrected chi connectivity index (χ1v) is 5.28. The number of aromatic nitrogens is 2. The lowest BCUT2D eigenvalue weighted by molar-refractivity contribution is -0.119. The standard InChI is InChI=1S/C11H16N2O/c1-9-12-6-7-13(9)10-4-2-3-5-11(14)8-10/h6-7,10H,2-5,8H2,1H3. The van der Waals surface area contributed by atoms with E-state index in [4.69, 9.17) is 0 Å². The average molecular weight is 192 g/mol. The minimum absolute atomic E-state index is 0.354. The molecule has 1 unspecified atom stereocenters. The van der Waals surface area contributed by atoms with Crippen molar-refractivity contribution < 1.29 is 4.79 Å². The number of hydrogen-bond acceptors (Lipinski definition) is 2. The van der Waals surface area contributed by atoms with E-state index in [0.717, 1.165) is 31.5 Å². The van der Waals surface area contributed by atoms with Crippen molar-refractivity contribution in [2.45, 2.75) is 45.1 Å². The number of nitrogens with zero attached hydrogens (tertiary/aromatic N) is 2. The molecule has 0 bridgehead atoms. The Kier molecular flexibility index (Phi) is 2.66. The molecule has 0 spiro atoms. The maximum Gasteiger partial charge on any atom is 0.134 e. The molecule has 0 amide bonds. The average Bonchev–Trinajstić information content (AvgIpc) is 2.45. The molecule has 1 aliphatic rings. The zero-order chi connectivity index (χ0) is 9.97. The van der Waals surface area contributed by atoms with Crippen LogP contribution in [0.1, 0.15) is 44.0 Å². The highest BCUT2D eigenvalue weighted by molar-refractivity contribution is 5.79. The number of carbonyl (C=O) groups excluding carboxylic acids is 1. The van der Waals surface area contributed by atoms with Crippen LogP contribution in [0.3, 0.4) is 0 Å². The molecule has 0 N–H and O–H groups in total. The maximum atomic E-state index is 11.5. The van der Waals surface area contributed by atoms with Crippen LogP contribution < -0.4 is 0 Å². The van der Waals surface area contributed by atoms with Crippen molar-refractivity contribution in [2.75, 3.05) is 0 Å². The van der Waals surface area contributed by atoms with Crippen LogP contribution in [0, 0.1) is 6.92 Å². The number of Topliss-reactive ketones (excluding diaryl/α,β-unsaturated/α-hetero) is 1. The van der Waals surface area contributed by atoms with Crippen LogP contribution in [-0.2, 0) is 4.79 Å². The van der Waals surface area contributed by atoms with E-state index in [9.17, 15) is 4.79 Å². The van der Waals surface area contributed by atoms with E-state index in [0.29, 0.717) is 18.2 Å². The third-order valence-electron chi connectivity index (χ3n) is 2.96. The van der Waals surface area contributed by atoms with Crippen molar-refractivity contribution in [3.63, 3.8) is 0 Å². The second-order valence-corrected chi connectivity index (χ2v) is 4.02. The molecule has 1 heterocycles. The highest BCUT2D eigenvalue weighted by Gasteiger charge is 2.19. The number of ketones is 1. The Labute approximate surface area is 84.1 Å². The third kappa shape index (κ3) is 1.86. The summed E-state index contributed by atoms with van der Waals surface area (Å²) in [5, 5.41) is 0. The summed E-state index contributed by atoms with van der Waals surface area (Å²) in [7, 11) is 0. The molecule has 1 aromatic rings. The molecule has 0 radical (unpaired) electrons. The van der Waals surface area contributed by atoms with Gasteiger partial charge in [-0.15, -0.1) is 0 Å². The zero-order valence-electron chi connectivity index (χ0n) is 8.57. The fraction of sp³-hybridized carbons (Fsp3) is 0.636. The van der Waals surface area contributed by atoms with Crippen molar-refractivity contribution in [3.8, 4) is 0 Å². The fourth-order valence-electron chi connectivity index (χ4n) is 2.18. The molecule has 0 saturated heterocycles. The van der Waals surface area contributed by atoms with Crippen molar-refractivity contribution in [1.82, 2.24) is 9.55 Å². The van der Waals surface area contributed by atoms with Gasteiger partial charge >= 0.3 is 0 Å². The van der Waals surface area contributed by atoms with Gasteiger partial charge in [0.1, 0.15) is 11.6 Å². The molecular formula is C11H16N2O. The van der Waals surface area contributed by atoms with E-state index in [1.165, 1.54) is 0 Å². The Balaban J connectivity index is 2.17. The summed E-state index contributed by atoms with van der Waals surface area (Å²) in [6.07, 6.45) is 8.59. The van der Waals surface area contributed by atoms with Gasteiger partial charge in [0, 0.05) is 31.3 Å². The summed E-state index contributed by atoms with van der Waals surface area (Å²) in [4.78, 5) is 15.7. The Morgan fingerprint density at radius 1 is 1.50 bits per heavy atom. The van der Waals surface area contributed by atoms with Crippen molar-refractivity contribution >= 4 is 5.78 Å². The molecule has 1 aromatic heterocycles. The highest BCUT2D eigenvalue weighted by atomic mass is 16.1. The molecule has 3 heteroatoms. The quantitative estimate of drug-likeness (QED) is 0.640. The van der Waals surface area contributed by atoms with Crippen LogP contribution in [0.25, 0.3) is 0 Å². The summed E-state index contributed by atoms with van der Waals surface area (Å²) >= 11 is 0. The first kappa shape index (κ1) is 9.44. The Hall–Kier alpha value is -1.12. The fourth-order valence-corrected chi connectivity index (χ4v) is 2.18. The summed E-state index contributed by atoms with van der Waals surface area (Å²) in [6.45, 7) is 2.00. The molecule has 14 heavy (non-hydrogen) atoms. The normalized spacial score (nSPS) is 23.5. The Morgan fingerprint density at radius 3 is 3.07 bits per heavy atom. The van der Waals surface area contributed by atoms with E-state index < -0.39 is 0 Å². The van der Waals surface area contributed by atoms with E-state index in [1.54, 1.807) is 0 Å². The lowest BCUT2D eigenvalue weighted by Gasteiger charge is -2.16. The number of rotatable bonds is 1. The van der Waals surface area contributed by atoms with Crippen molar-refractivity contribution in [2.24, 2.45) is 0 Å². The molecule has 1 atom stereocenters. The molecule has 1 aliphatic carbocycles. The number of imidazole rings is 1. The molecule has 0 aliphatic heterocycles. The van der Waals surface area contributed by atoms with Gasteiger partial charge in [-0.1, -0.05) is 6.42 Å². The summed E-state index contributed by atoms with van der Waals surface area (Å²) in [5.41, 5.74) is 0. The molecule has 76 valence electrons. The van der Waals surface area contributed by atoms with Crippen LogP contribution in [-0.4, -0.2) is 15.3 Å². The third-order valence-corrected chi connectivity index (χ3v) is 2.96. The molecule has 3 nitrogen and oxygen atoms in total. The van der Waals surface area contributed by atoms with Gasteiger partial charge < -0.3 is 4.57 Å². The minimum Gasteiger partial charge on any atom is -0.332 e. The zero-order valence-corrected chi connectivity index (χ0v) is 8.57. The summed E-state index contributed by atoms with van der Waals surface area (Å²) in [5.74, 6) is 1.42. The monoisotopic (exact) mass is 192 g/mol. The molecule has 1 saturated carbocycles.